The van der Waals surface area contributed by atoms with Crippen LogP contribution in [0.4, 0.5) is 0 Å². The molecule has 1 fully saturated rings. The van der Waals surface area contributed by atoms with Crippen LogP contribution < -0.4 is 5.32 Å². The van der Waals surface area contributed by atoms with Crippen molar-refractivity contribution < 1.29 is 0 Å². The lowest BCUT2D eigenvalue weighted by Crippen LogP contribution is -2.25. The van der Waals surface area contributed by atoms with Crippen molar-refractivity contribution in [2.24, 2.45) is 0 Å². The van der Waals surface area contributed by atoms with Crippen molar-refractivity contribution in [1.29, 1.82) is 0 Å². The molecule has 3 rings (SSSR count). The summed E-state index contributed by atoms with van der Waals surface area (Å²) in [5.41, 5.74) is 2.62. The first-order valence-electron chi connectivity index (χ1n) is 8.04. The Kier molecular flexibility index (Phi) is 5.04. The molecule has 0 bridgehead atoms. The molecule has 2 nitrogen and oxygen atoms in total. The monoisotopic (exact) mass is 300 g/mol. The van der Waals surface area contributed by atoms with Gasteiger partial charge in [0.05, 0.1) is 10.7 Å². The van der Waals surface area contributed by atoms with Crippen LogP contribution in [0, 0.1) is 6.92 Å². The Hall–Kier alpha value is -1.19. The van der Waals surface area contributed by atoms with Gasteiger partial charge in [0.2, 0.25) is 0 Å². The average molecular weight is 300 g/mol. The van der Waals surface area contributed by atoms with E-state index in [2.05, 4.69) is 42.6 Å². The van der Waals surface area contributed by atoms with E-state index in [1.807, 2.05) is 11.3 Å². The summed E-state index contributed by atoms with van der Waals surface area (Å²) >= 11 is 1.89. The molecule has 1 heterocycles. The van der Waals surface area contributed by atoms with Crippen molar-refractivity contribution in [3.05, 3.63) is 51.5 Å². The number of thiazole rings is 1. The minimum Gasteiger partial charge on any atom is -0.309 e. The van der Waals surface area contributed by atoms with E-state index in [0.29, 0.717) is 0 Å². The van der Waals surface area contributed by atoms with Gasteiger partial charge >= 0.3 is 0 Å². The summed E-state index contributed by atoms with van der Waals surface area (Å²) in [5, 5.41) is 4.97. The van der Waals surface area contributed by atoms with Gasteiger partial charge in [-0.15, -0.1) is 11.3 Å². The molecule has 0 radical (unpaired) electrons. The van der Waals surface area contributed by atoms with Crippen LogP contribution in [0.3, 0.4) is 0 Å². The Balaban J connectivity index is 1.53. The van der Waals surface area contributed by atoms with Crippen molar-refractivity contribution in [2.75, 3.05) is 0 Å². The van der Waals surface area contributed by atoms with Gasteiger partial charge in [-0.05, 0) is 31.7 Å². The van der Waals surface area contributed by atoms with E-state index < -0.39 is 0 Å². The molecule has 1 aromatic carbocycles. The van der Waals surface area contributed by atoms with Crippen LogP contribution in [0.2, 0.25) is 0 Å². The van der Waals surface area contributed by atoms with Crippen molar-refractivity contribution >= 4 is 11.3 Å². The predicted molar refractivity (Wildman–Crippen MR) is 89.8 cm³/mol. The highest BCUT2D eigenvalue weighted by Gasteiger charge is 2.15. The third kappa shape index (κ3) is 4.14. The number of aryl methyl sites for hydroxylation is 3. The quantitative estimate of drug-likeness (QED) is 0.862. The van der Waals surface area contributed by atoms with E-state index in [1.54, 1.807) is 0 Å². The Morgan fingerprint density at radius 3 is 2.67 bits per heavy atom. The molecule has 0 saturated heterocycles. The highest BCUT2D eigenvalue weighted by Crippen LogP contribution is 2.22. The SMILES string of the molecule is Cc1nc(CCc2ccccc2)sc1CNC1CCCC1. The first kappa shape index (κ1) is 14.7. The summed E-state index contributed by atoms with van der Waals surface area (Å²) in [6.45, 7) is 3.15. The van der Waals surface area contributed by atoms with Crippen LogP contribution >= 0.6 is 11.3 Å². The Bertz CT molecular complexity index is 556. The van der Waals surface area contributed by atoms with Crippen LogP contribution in [-0.4, -0.2) is 11.0 Å². The van der Waals surface area contributed by atoms with E-state index in [1.165, 1.54) is 46.8 Å². The minimum absolute atomic E-state index is 0.735. The fourth-order valence-electron chi connectivity index (χ4n) is 3.02. The Morgan fingerprint density at radius 2 is 1.90 bits per heavy atom. The fourth-order valence-corrected chi connectivity index (χ4v) is 4.04. The number of hydrogen-bond donors (Lipinski definition) is 1. The van der Waals surface area contributed by atoms with E-state index in [9.17, 15) is 0 Å². The Labute approximate surface area is 131 Å². The summed E-state index contributed by atoms with van der Waals surface area (Å²) in [6.07, 6.45) is 7.61. The number of rotatable bonds is 6. The standard InChI is InChI=1S/C18H24N2S/c1-14-17(13-19-16-9-5-6-10-16)21-18(20-14)12-11-15-7-3-2-4-8-15/h2-4,7-8,16,19H,5-6,9-13H2,1H3. The molecule has 2 aromatic rings. The molecule has 1 aliphatic carbocycles. The number of nitrogens with zero attached hydrogens (tertiary/aromatic N) is 1. The zero-order chi connectivity index (χ0) is 14.5. The summed E-state index contributed by atoms with van der Waals surface area (Å²) < 4.78 is 0. The Morgan fingerprint density at radius 1 is 1.14 bits per heavy atom. The van der Waals surface area contributed by atoms with Gasteiger partial charge in [0.15, 0.2) is 0 Å². The molecule has 1 aromatic heterocycles. The van der Waals surface area contributed by atoms with Crippen LogP contribution in [-0.2, 0) is 19.4 Å². The van der Waals surface area contributed by atoms with Crippen LogP contribution in [0.15, 0.2) is 30.3 Å². The van der Waals surface area contributed by atoms with Gasteiger partial charge in [0.1, 0.15) is 0 Å². The zero-order valence-electron chi connectivity index (χ0n) is 12.8. The second kappa shape index (κ2) is 7.19. The van der Waals surface area contributed by atoms with Gasteiger partial charge in [-0.25, -0.2) is 4.98 Å². The van der Waals surface area contributed by atoms with Crippen molar-refractivity contribution in [3.63, 3.8) is 0 Å². The predicted octanol–water partition coefficient (Wildman–Crippen LogP) is 4.27. The second-order valence-corrected chi connectivity index (χ2v) is 7.13. The lowest BCUT2D eigenvalue weighted by Gasteiger charge is -2.10. The summed E-state index contributed by atoms with van der Waals surface area (Å²) in [6, 6.07) is 11.4. The van der Waals surface area contributed by atoms with Gasteiger partial charge < -0.3 is 5.32 Å². The van der Waals surface area contributed by atoms with Gasteiger partial charge in [-0.2, -0.15) is 0 Å². The maximum absolute atomic E-state index is 4.75. The van der Waals surface area contributed by atoms with Crippen LogP contribution in [0.1, 0.15) is 46.8 Å². The molecular formula is C18H24N2S. The first-order chi connectivity index (χ1) is 10.3. The molecule has 21 heavy (non-hydrogen) atoms. The van der Waals surface area contributed by atoms with E-state index in [4.69, 9.17) is 4.98 Å². The highest BCUT2D eigenvalue weighted by molar-refractivity contribution is 7.11. The van der Waals surface area contributed by atoms with E-state index >= 15 is 0 Å². The summed E-state index contributed by atoms with van der Waals surface area (Å²) in [7, 11) is 0. The van der Waals surface area contributed by atoms with Gasteiger partial charge in [0, 0.05) is 23.9 Å². The molecule has 0 atom stereocenters. The molecule has 0 spiro atoms. The van der Waals surface area contributed by atoms with Crippen molar-refractivity contribution in [1.82, 2.24) is 10.3 Å². The molecule has 0 aliphatic heterocycles. The fraction of sp³-hybridized carbons (Fsp3) is 0.500. The van der Waals surface area contributed by atoms with Crippen LogP contribution in [0.25, 0.3) is 0 Å². The lowest BCUT2D eigenvalue weighted by molar-refractivity contribution is 0.526. The van der Waals surface area contributed by atoms with Crippen LogP contribution in [0.5, 0.6) is 0 Å². The number of aromatic nitrogens is 1. The zero-order valence-corrected chi connectivity index (χ0v) is 13.6. The minimum atomic E-state index is 0.735. The van der Waals surface area contributed by atoms with Crippen molar-refractivity contribution in [2.45, 2.75) is 58.0 Å². The summed E-state index contributed by atoms with van der Waals surface area (Å²) in [5.74, 6) is 0. The van der Waals surface area contributed by atoms with Gasteiger partial charge in [-0.3, -0.25) is 0 Å². The third-order valence-electron chi connectivity index (χ3n) is 4.31. The smallest absolute Gasteiger partial charge is 0.0934 e. The molecular weight excluding hydrogens is 276 g/mol. The number of nitrogens with one attached hydrogen (secondary N) is 1. The second-order valence-electron chi connectivity index (χ2n) is 5.96. The van der Waals surface area contributed by atoms with Gasteiger partial charge in [0.25, 0.3) is 0 Å². The van der Waals surface area contributed by atoms with E-state index in [0.717, 1.165) is 25.4 Å². The molecule has 112 valence electrons. The van der Waals surface area contributed by atoms with Gasteiger partial charge in [-0.1, -0.05) is 43.2 Å². The largest absolute Gasteiger partial charge is 0.309 e. The van der Waals surface area contributed by atoms with Crippen molar-refractivity contribution in [3.8, 4) is 0 Å². The molecule has 0 amide bonds. The molecule has 3 heteroatoms. The van der Waals surface area contributed by atoms with E-state index in [-0.39, 0.29) is 0 Å². The number of benzene rings is 1. The molecule has 0 unspecified atom stereocenters. The first-order valence-corrected chi connectivity index (χ1v) is 8.85. The molecule has 1 saturated carbocycles. The lowest BCUT2D eigenvalue weighted by atomic mass is 10.1. The topological polar surface area (TPSA) is 24.9 Å². The normalized spacial score (nSPS) is 15.7. The third-order valence-corrected chi connectivity index (χ3v) is 5.53. The highest BCUT2D eigenvalue weighted by atomic mass is 32.1. The maximum atomic E-state index is 4.75. The molecule has 1 aliphatic rings. The average Bonchev–Trinajstić information content (AvgIpc) is 3.14. The summed E-state index contributed by atoms with van der Waals surface area (Å²) in [4.78, 5) is 6.17. The molecule has 1 N–H and O–H groups in total. The number of hydrogen-bond acceptors (Lipinski definition) is 3. The maximum Gasteiger partial charge on any atom is 0.0934 e.